The third-order valence-electron chi connectivity index (χ3n) is 2.96. The van der Waals surface area contributed by atoms with E-state index >= 15 is 0 Å². The molecule has 98 valence electrons. The molecule has 2 aromatic heterocycles. The second kappa shape index (κ2) is 5.37. The van der Waals surface area contributed by atoms with Crippen molar-refractivity contribution in [3.63, 3.8) is 0 Å². The van der Waals surface area contributed by atoms with Crippen molar-refractivity contribution in [2.75, 3.05) is 0 Å². The van der Waals surface area contributed by atoms with Gasteiger partial charge in [0.1, 0.15) is 5.92 Å². The number of thiophene rings is 2. The molecule has 0 aliphatic heterocycles. The Kier molecular flexibility index (Phi) is 3.58. The van der Waals surface area contributed by atoms with E-state index in [1.54, 1.807) is 35.6 Å². The zero-order valence-electron chi connectivity index (χ0n) is 10.2. The SMILES string of the molecule is N#CC(C(=O)c1cc2sccc2s1)c1cccc(Cl)c1. The van der Waals surface area contributed by atoms with Crippen LogP contribution in [-0.2, 0) is 0 Å². The Labute approximate surface area is 128 Å². The lowest BCUT2D eigenvalue weighted by Gasteiger charge is -2.07. The van der Waals surface area contributed by atoms with Gasteiger partial charge in [-0.05, 0) is 35.2 Å². The van der Waals surface area contributed by atoms with Crippen molar-refractivity contribution in [2.45, 2.75) is 5.92 Å². The highest BCUT2D eigenvalue weighted by atomic mass is 35.5. The molecule has 0 N–H and O–H groups in total. The first-order chi connectivity index (χ1) is 9.69. The van der Waals surface area contributed by atoms with Gasteiger partial charge in [0, 0.05) is 14.4 Å². The molecule has 0 aliphatic carbocycles. The molecule has 0 radical (unpaired) electrons. The van der Waals surface area contributed by atoms with E-state index in [4.69, 9.17) is 11.6 Å². The van der Waals surface area contributed by atoms with Crippen LogP contribution in [-0.4, -0.2) is 5.78 Å². The van der Waals surface area contributed by atoms with Gasteiger partial charge in [-0.3, -0.25) is 4.79 Å². The van der Waals surface area contributed by atoms with Crippen LogP contribution >= 0.6 is 34.3 Å². The Morgan fingerprint density at radius 2 is 2.10 bits per heavy atom. The summed E-state index contributed by atoms with van der Waals surface area (Å²) >= 11 is 8.96. The Balaban J connectivity index is 1.99. The summed E-state index contributed by atoms with van der Waals surface area (Å²) in [6, 6.07) is 12.8. The summed E-state index contributed by atoms with van der Waals surface area (Å²) in [7, 11) is 0. The predicted octanol–water partition coefficient (Wildman–Crippen LogP) is 5.11. The van der Waals surface area contributed by atoms with Crippen LogP contribution in [0.5, 0.6) is 0 Å². The molecule has 0 saturated carbocycles. The molecule has 1 aromatic carbocycles. The Bertz CT molecular complexity index is 799. The van der Waals surface area contributed by atoms with Gasteiger partial charge in [-0.25, -0.2) is 0 Å². The van der Waals surface area contributed by atoms with E-state index in [9.17, 15) is 10.1 Å². The van der Waals surface area contributed by atoms with Gasteiger partial charge in [-0.15, -0.1) is 22.7 Å². The fourth-order valence-corrected chi connectivity index (χ4v) is 4.28. The highest BCUT2D eigenvalue weighted by Gasteiger charge is 2.23. The molecule has 0 amide bonds. The van der Waals surface area contributed by atoms with E-state index < -0.39 is 5.92 Å². The number of fused-ring (bicyclic) bond motifs is 1. The van der Waals surface area contributed by atoms with Gasteiger partial charge in [0.15, 0.2) is 5.78 Å². The Hall–Kier alpha value is -1.67. The number of carbonyl (C=O) groups excluding carboxylic acids is 1. The molecule has 1 atom stereocenters. The minimum Gasteiger partial charge on any atom is -0.291 e. The van der Waals surface area contributed by atoms with Crippen LogP contribution in [0.2, 0.25) is 5.02 Å². The lowest BCUT2D eigenvalue weighted by molar-refractivity contribution is 0.0983. The first kappa shape index (κ1) is 13.3. The summed E-state index contributed by atoms with van der Waals surface area (Å²) in [6.45, 7) is 0. The lowest BCUT2D eigenvalue weighted by Crippen LogP contribution is -2.09. The van der Waals surface area contributed by atoms with Crippen LogP contribution in [0, 0.1) is 11.3 Å². The maximum absolute atomic E-state index is 12.5. The maximum atomic E-state index is 12.5. The molecule has 1 unspecified atom stereocenters. The van der Waals surface area contributed by atoms with Crippen molar-refractivity contribution in [3.05, 3.63) is 57.2 Å². The summed E-state index contributed by atoms with van der Waals surface area (Å²) in [5.74, 6) is -0.968. The first-order valence-corrected chi connectivity index (χ1v) is 7.93. The normalized spacial score (nSPS) is 12.2. The zero-order chi connectivity index (χ0) is 14.1. The summed E-state index contributed by atoms with van der Waals surface area (Å²) in [5, 5.41) is 11.8. The number of Topliss-reactive ketones (excluding diaryl/α,β-unsaturated/α-hetero) is 1. The molecule has 0 bridgehead atoms. The van der Waals surface area contributed by atoms with Crippen LogP contribution in [0.1, 0.15) is 21.2 Å². The van der Waals surface area contributed by atoms with Crippen molar-refractivity contribution < 1.29 is 4.79 Å². The third-order valence-corrected chi connectivity index (χ3v) is 5.30. The minimum atomic E-state index is -0.804. The number of halogens is 1. The molecule has 20 heavy (non-hydrogen) atoms. The first-order valence-electron chi connectivity index (χ1n) is 5.85. The van der Waals surface area contributed by atoms with Gasteiger partial charge in [-0.1, -0.05) is 23.7 Å². The van der Waals surface area contributed by atoms with Crippen LogP contribution in [0.4, 0.5) is 0 Å². The standard InChI is InChI=1S/C15H8ClNOS2/c16-10-3-1-2-9(6-10)11(8-17)15(18)14-7-13-12(20-14)4-5-19-13/h1-7,11H. The van der Waals surface area contributed by atoms with E-state index in [0.29, 0.717) is 15.5 Å². The summed E-state index contributed by atoms with van der Waals surface area (Å²) in [4.78, 5) is 13.1. The number of nitrogens with zero attached hydrogens (tertiary/aromatic N) is 1. The van der Waals surface area contributed by atoms with Gasteiger partial charge < -0.3 is 0 Å². The molecule has 2 heterocycles. The molecular weight excluding hydrogens is 310 g/mol. The molecule has 3 aromatic rings. The largest absolute Gasteiger partial charge is 0.291 e. The maximum Gasteiger partial charge on any atom is 0.194 e. The topological polar surface area (TPSA) is 40.9 Å². The summed E-state index contributed by atoms with van der Waals surface area (Å²) in [6.07, 6.45) is 0. The number of rotatable bonds is 3. The van der Waals surface area contributed by atoms with Gasteiger partial charge in [-0.2, -0.15) is 5.26 Å². The third kappa shape index (κ3) is 2.36. The predicted molar refractivity (Wildman–Crippen MR) is 83.8 cm³/mol. The van der Waals surface area contributed by atoms with Gasteiger partial charge in [0.05, 0.1) is 10.9 Å². The van der Waals surface area contributed by atoms with Crippen molar-refractivity contribution in [1.29, 1.82) is 5.26 Å². The lowest BCUT2D eigenvalue weighted by atomic mass is 9.95. The Morgan fingerprint density at radius 3 is 2.80 bits per heavy atom. The van der Waals surface area contributed by atoms with E-state index in [1.165, 1.54) is 11.3 Å². The summed E-state index contributed by atoms with van der Waals surface area (Å²) < 4.78 is 2.17. The number of ketones is 1. The quantitative estimate of drug-likeness (QED) is 0.630. The highest BCUT2D eigenvalue weighted by molar-refractivity contribution is 7.27. The van der Waals surface area contributed by atoms with Crippen LogP contribution in [0.15, 0.2) is 41.8 Å². The number of carbonyl (C=O) groups is 1. The number of hydrogen-bond donors (Lipinski definition) is 0. The fraction of sp³-hybridized carbons (Fsp3) is 0.0667. The molecule has 3 rings (SSSR count). The van der Waals surface area contributed by atoms with Crippen molar-refractivity contribution >= 4 is 49.5 Å². The second-order valence-corrected chi connectivity index (χ2v) is 6.71. The smallest absolute Gasteiger partial charge is 0.194 e. The van der Waals surface area contributed by atoms with Crippen LogP contribution in [0.3, 0.4) is 0 Å². The monoisotopic (exact) mass is 317 g/mol. The average molecular weight is 318 g/mol. The number of nitriles is 1. The highest BCUT2D eigenvalue weighted by Crippen LogP contribution is 2.33. The molecule has 2 nitrogen and oxygen atoms in total. The van der Waals surface area contributed by atoms with Crippen LogP contribution in [0.25, 0.3) is 9.40 Å². The minimum absolute atomic E-state index is 0.164. The molecule has 5 heteroatoms. The van der Waals surface area contributed by atoms with Gasteiger partial charge >= 0.3 is 0 Å². The molecule has 0 spiro atoms. The van der Waals surface area contributed by atoms with Crippen molar-refractivity contribution in [2.24, 2.45) is 0 Å². The van der Waals surface area contributed by atoms with E-state index in [1.807, 2.05) is 17.5 Å². The van der Waals surface area contributed by atoms with Gasteiger partial charge in [0.25, 0.3) is 0 Å². The average Bonchev–Trinajstić information content (AvgIpc) is 3.00. The molecular formula is C15H8ClNOS2. The zero-order valence-corrected chi connectivity index (χ0v) is 12.6. The number of benzene rings is 1. The van der Waals surface area contributed by atoms with E-state index in [2.05, 4.69) is 6.07 Å². The van der Waals surface area contributed by atoms with Crippen molar-refractivity contribution in [1.82, 2.24) is 0 Å². The molecule has 0 fully saturated rings. The van der Waals surface area contributed by atoms with E-state index in [-0.39, 0.29) is 5.78 Å². The fourth-order valence-electron chi connectivity index (χ4n) is 2.00. The molecule has 0 aliphatic rings. The second-order valence-electron chi connectivity index (χ2n) is 4.24. The number of hydrogen-bond acceptors (Lipinski definition) is 4. The van der Waals surface area contributed by atoms with Crippen LogP contribution < -0.4 is 0 Å². The Morgan fingerprint density at radius 1 is 1.25 bits per heavy atom. The van der Waals surface area contributed by atoms with E-state index in [0.717, 1.165) is 9.40 Å². The molecule has 0 saturated heterocycles. The van der Waals surface area contributed by atoms with Crippen molar-refractivity contribution in [3.8, 4) is 6.07 Å². The summed E-state index contributed by atoms with van der Waals surface area (Å²) in [5.41, 5.74) is 0.641. The van der Waals surface area contributed by atoms with Gasteiger partial charge in [0.2, 0.25) is 0 Å².